The van der Waals surface area contributed by atoms with Crippen LogP contribution in [0.3, 0.4) is 0 Å². The summed E-state index contributed by atoms with van der Waals surface area (Å²) in [4.78, 5) is 15.4. The Morgan fingerprint density at radius 2 is 1.52 bits per heavy atom. The van der Waals surface area contributed by atoms with Crippen molar-refractivity contribution in [2.75, 3.05) is 6.61 Å². The molecule has 0 radical (unpaired) electrons. The molecule has 0 atom stereocenters. The third-order valence-corrected chi connectivity index (χ3v) is 5.43. The Hall–Kier alpha value is -2.62. The summed E-state index contributed by atoms with van der Waals surface area (Å²) in [7, 11) is 0. The molecule has 0 saturated carbocycles. The van der Waals surface area contributed by atoms with E-state index >= 15 is 0 Å². The molecule has 0 bridgehead atoms. The van der Waals surface area contributed by atoms with Gasteiger partial charge in [0.2, 0.25) is 0 Å². The normalized spacial score (nSPS) is 11.2. The SMILES string of the molecule is CCCCCCCCCCCCOc1ccc(N=Cc2ccc(C(=O)O)cc2)cc1C. The number of aryl methyl sites for hydroxylation is 1. The molecule has 1 N–H and O–H groups in total. The van der Waals surface area contributed by atoms with Crippen molar-refractivity contribution in [3.63, 3.8) is 0 Å². The van der Waals surface area contributed by atoms with Gasteiger partial charge in [0.05, 0.1) is 17.9 Å². The number of carbonyl (C=O) groups is 1. The van der Waals surface area contributed by atoms with Crippen molar-refractivity contribution < 1.29 is 14.6 Å². The average molecular weight is 424 g/mol. The third-order valence-electron chi connectivity index (χ3n) is 5.43. The lowest BCUT2D eigenvalue weighted by atomic mass is 10.1. The average Bonchev–Trinajstić information content (AvgIpc) is 2.77. The Bertz CT molecular complexity index is 812. The first kappa shape index (κ1) is 24.6. The number of hydrogen-bond donors (Lipinski definition) is 1. The maximum Gasteiger partial charge on any atom is 0.335 e. The zero-order valence-electron chi connectivity index (χ0n) is 19.1. The summed E-state index contributed by atoms with van der Waals surface area (Å²) in [6.07, 6.45) is 15.0. The van der Waals surface area contributed by atoms with E-state index in [1.54, 1.807) is 30.5 Å². The molecule has 4 heteroatoms. The largest absolute Gasteiger partial charge is 0.493 e. The van der Waals surface area contributed by atoms with Crippen LogP contribution in [0.15, 0.2) is 47.5 Å². The number of aliphatic imine (C=N–C) groups is 1. The van der Waals surface area contributed by atoms with Crippen molar-refractivity contribution in [1.82, 2.24) is 0 Å². The molecule has 0 aromatic heterocycles. The van der Waals surface area contributed by atoms with Gasteiger partial charge in [-0.3, -0.25) is 4.99 Å². The van der Waals surface area contributed by atoms with Gasteiger partial charge in [-0.15, -0.1) is 0 Å². The van der Waals surface area contributed by atoms with Crippen molar-refractivity contribution >= 4 is 17.9 Å². The summed E-state index contributed by atoms with van der Waals surface area (Å²) in [6.45, 7) is 5.06. The fourth-order valence-corrected chi connectivity index (χ4v) is 3.51. The molecule has 31 heavy (non-hydrogen) atoms. The summed E-state index contributed by atoms with van der Waals surface area (Å²) in [5.74, 6) is -0.00630. The number of nitrogens with zero attached hydrogens (tertiary/aromatic N) is 1. The van der Waals surface area contributed by atoms with Crippen LogP contribution in [0.1, 0.15) is 92.6 Å². The van der Waals surface area contributed by atoms with E-state index in [0.29, 0.717) is 0 Å². The van der Waals surface area contributed by atoms with Gasteiger partial charge in [0.15, 0.2) is 0 Å². The number of hydrogen-bond acceptors (Lipinski definition) is 3. The Kier molecular flexibility index (Phi) is 11.4. The van der Waals surface area contributed by atoms with Crippen LogP contribution in [0.4, 0.5) is 5.69 Å². The topological polar surface area (TPSA) is 58.9 Å². The molecule has 2 rings (SSSR count). The number of rotatable bonds is 15. The molecule has 0 aliphatic heterocycles. The molecular formula is C27H37NO3. The molecule has 0 amide bonds. The second kappa shape index (κ2) is 14.4. The highest BCUT2D eigenvalue weighted by atomic mass is 16.5. The molecule has 4 nitrogen and oxygen atoms in total. The van der Waals surface area contributed by atoms with E-state index in [-0.39, 0.29) is 5.56 Å². The van der Waals surface area contributed by atoms with E-state index < -0.39 is 5.97 Å². The molecule has 2 aromatic rings. The summed E-state index contributed by atoms with van der Waals surface area (Å²) >= 11 is 0. The lowest BCUT2D eigenvalue weighted by Crippen LogP contribution is -1.98. The third kappa shape index (κ3) is 9.82. The highest BCUT2D eigenvalue weighted by Gasteiger charge is 2.02. The van der Waals surface area contributed by atoms with Crippen LogP contribution in [-0.4, -0.2) is 23.9 Å². The summed E-state index contributed by atoms with van der Waals surface area (Å²) < 4.78 is 5.95. The standard InChI is InChI=1S/C27H37NO3/c1-3-4-5-6-7-8-9-10-11-12-19-31-26-18-17-25(20-22(26)2)28-21-23-13-15-24(16-14-23)27(29)30/h13-18,20-21H,3-12,19H2,1-2H3,(H,29,30). The first-order valence-corrected chi connectivity index (χ1v) is 11.7. The van der Waals surface area contributed by atoms with Gasteiger partial charge in [0, 0.05) is 6.21 Å². The van der Waals surface area contributed by atoms with Crippen LogP contribution in [0, 0.1) is 6.92 Å². The van der Waals surface area contributed by atoms with Crippen molar-refractivity contribution in [3.8, 4) is 5.75 Å². The number of carboxylic acid groups (broad SMARTS) is 1. The van der Waals surface area contributed by atoms with Gasteiger partial charge in [-0.1, -0.05) is 76.8 Å². The van der Waals surface area contributed by atoms with Crippen LogP contribution in [-0.2, 0) is 0 Å². The van der Waals surface area contributed by atoms with E-state index in [0.717, 1.165) is 35.6 Å². The maximum atomic E-state index is 10.9. The van der Waals surface area contributed by atoms with Crippen LogP contribution < -0.4 is 4.74 Å². The van der Waals surface area contributed by atoms with E-state index in [9.17, 15) is 4.79 Å². The van der Waals surface area contributed by atoms with E-state index in [1.165, 1.54) is 57.8 Å². The summed E-state index contributed by atoms with van der Waals surface area (Å²) in [5.41, 5.74) is 3.06. The van der Waals surface area contributed by atoms with Gasteiger partial charge in [-0.05, 0) is 54.8 Å². The fraction of sp³-hybridized carbons (Fsp3) is 0.481. The highest BCUT2D eigenvalue weighted by Crippen LogP contribution is 2.24. The predicted octanol–water partition coefficient (Wildman–Crippen LogP) is 7.74. The maximum absolute atomic E-state index is 10.9. The molecular weight excluding hydrogens is 386 g/mol. The number of unbranched alkanes of at least 4 members (excludes halogenated alkanes) is 9. The second-order valence-electron chi connectivity index (χ2n) is 8.17. The van der Waals surface area contributed by atoms with Gasteiger partial charge in [0.25, 0.3) is 0 Å². The Morgan fingerprint density at radius 3 is 2.10 bits per heavy atom. The highest BCUT2D eigenvalue weighted by molar-refractivity contribution is 5.89. The molecule has 2 aromatic carbocycles. The van der Waals surface area contributed by atoms with E-state index in [2.05, 4.69) is 11.9 Å². The number of carboxylic acids is 1. The first-order chi connectivity index (χ1) is 15.1. The van der Waals surface area contributed by atoms with E-state index in [4.69, 9.17) is 9.84 Å². The van der Waals surface area contributed by atoms with Crippen LogP contribution in [0.25, 0.3) is 0 Å². The Morgan fingerprint density at radius 1 is 0.903 bits per heavy atom. The van der Waals surface area contributed by atoms with Crippen molar-refractivity contribution in [2.45, 2.75) is 78.1 Å². The zero-order valence-corrected chi connectivity index (χ0v) is 19.1. The smallest absolute Gasteiger partial charge is 0.335 e. The molecule has 0 fully saturated rings. The van der Waals surface area contributed by atoms with Gasteiger partial charge < -0.3 is 9.84 Å². The lowest BCUT2D eigenvalue weighted by molar-refractivity contribution is 0.0697. The predicted molar refractivity (Wildman–Crippen MR) is 129 cm³/mol. The molecule has 0 unspecified atom stereocenters. The van der Waals surface area contributed by atoms with Gasteiger partial charge in [-0.2, -0.15) is 0 Å². The first-order valence-electron chi connectivity index (χ1n) is 11.7. The van der Waals surface area contributed by atoms with Crippen LogP contribution in [0.2, 0.25) is 0 Å². The summed E-state index contributed by atoms with van der Waals surface area (Å²) in [5, 5.41) is 8.95. The Labute approximate surface area is 187 Å². The number of ether oxygens (including phenoxy) is 1. The van der Waals surface area contributed by atoms with Gasteiger partial charge >= 0.3 is 5.97 Å². The van der Waals surface area contributed by atoms with Crippen molar-refractivity contribution in [2.24, 2.45) is 4.99 Å². The molecule has 0 saturated heterocycles. The molecule has 0 aliphatic carbocycles. The van der Waals surface area contributed by atoms with Gasteiger partial charge in [0.1, 0.15) is 5.75 Å². The minimum absolute atomic E-state index is 0.275. The van der Waals surface area contributed by atoms with Crippen LogP contribution >= 0.6 is 0 Å². The quantitative estimate of drug-likeness (QED) is 0.235. The van der Waals surface area contributed by atoms with Crippen molar-refractivity contribution in [3.05, 3.63) is 59.2 Å². The molecule has 0 heterocycles. The zero-order chi connectivity index (χ0) is 22.3. The number of aromatic carboxylic acids is 1. The molecule has 0 spiro atoms. The fourth-order valence-electron chi connectivity index (χ4n) is 3.51. The number of benzene rings is 2. The minimum Gasteiger partial charge on any atom is -0.493 e. The van der Waals surface area contributed by atoms with Gasteiger partial charge in [-0.25, -0.2) is 4.79 Å². The second-order valence-corrected chi connectivity index (χ2v) is 8.17. The van der Waals surface area contributed by atoms with Crippen molar-refractivity contribution in [1.29, 1.82) is 0 Å². The minimum atomic E-state index is -0.924. The molecule has 168 valence electrons. The van der Waals surface area contributed by atoms with Crippen LogP contribution in [0.5, 0.6) is 5.75 Å². The van der Waals surface area contributed by atoms with E-state index in [1.807, 2.05) is 25.1 Å². The summed E-state index contributed by atoms with van der Waals surface area (Å²) in [6, 6.07) is 12.6. The molecule has 0 aliphatic rings. The monoisotopic (exact) mass is 423 g/mol. The Balaban J connectivity index is 1.66. The lowest BCUT2D eigenvalue weighted by Gasteiger charge is -2.09.